The monoisotopic (exact) mass is 325 g/mol. The van der Waals surface area contributed by atoms with Crippen molar-refractivity contribution in [2.75, 3.05) is 26.8 Å². The van der Waals surface area contributed by atoms with Crippen LogP contribution in [0.1, 0.15) is 32.1 Å². The van der Waals surface area contributed by atoms with E-state index in [1.54, 1.807) is 25.2 Å². The lowest BCUT2D eigenvalue weighted by atomic mass is 9.89. The van der Waals surface area contributed by atoms with Gasteiger partial charge in [-0.1, -0.05) is 19.3 Å². The molecule has 0 atom stereocenters. The minimum atomic E-state index is -3.47. The van der Waals surface area contributed by atoms with Gasteiger partial charge in [-0.3, -0.25) is 0 Å². The molecule has 0 spiro atoms. The first-order valence-corrected chi connectivity index (χ1v) is 9.37. The molecule has 1 heterocycles. The second-order valence-electron chi connectivity index (χ2n) is 6.10. The SMILES string of the molecule is CN(CC1CCCCC1)S(=O)(=O)c1ccc2c(c1)OCCO2. The first-order chi connectivity index (χ1) is 10.6. The number of nitrogens with zero attached hydrogens (tertiary/aromatic N) is 1. The van der Waals surface area contributed by atoms with Crippen LogP contribution in [0.3, 0.4) is 0 Å². The highest BCUT2D eigenvalue weighted by Gasteiger charge is 2.26. The van der Waals surface area contributed by atoms with E-state index in [1.807, 2.05) is 0 Å². The van der Waals surface area contributed by atoms with Gasteiger partial charge in [0.2, 0.25) is 10.0 Å². The predicted octanol–water partition coefficient (Wildman–Crippen LogP) is 2.66. The quantitative estimate of drug-likeness (QED) is 0.854. The number of benzene rings is 1. The van der Waals surface area contributed by atoms with Crippen molar-refractivity contribution < 1.29 is 17.9 Å². The van der Waals surface area contributed by atoms with Gasteiger partial charge < -0.3 is 9.47 Å². The van der Waals surface area contributed by atoms with Gasteiger partial charge in [0.15, 0.2) is 11.5 Å². The molecule has 6 heteroatoms. The molecular formula is C16H23NO4S. The van der Waals surface area contributed by atoms with E-state index in [0.29, 0.717) is 37.2 Å². The predicted molar refractivity (Wildman–Crippen MR) is 83.8 cm³/mol. The van der Waals surface area contributed by atoms with Gasteiger partial charge in [0.25, 0.3) is 0 Å². The zero-order valence-corrected chi connectivity index (χ0v) is 13.8. The van der Waals surface area contributed by atoms with E-state index in [0.717, 1.165) is 12.8 Å². The molecule has 0 unspecified atom stereocenters. The number of hydrogen-bond acceptors (Lipinski definition) is 4. The van der Waals surface area contributed by atoms with Crippen LogP contribution in [0.15, 0.2) is 23.1 Å². The molecule has 1 fully saturated rings. The highest BCUT2D eigenvalue weighted by atomic mass is 32.2. The molecule has 22 heavy (non-hydrogen) atoms. The fourth-order valence-corrected chi connectivity index (χ4v) is 4.46. The first-order valence-electron chi connectivity index (χ1n) is 7.93. The second kappa shape index (κ2) is 6.46. The van der Waals surface area contributed by atoms with Gasteiger partial charge in [0.1, 0.15) is 13.2 Å². The van der Waals surface area contributed by atoms with Crippen molar-refractivity contribution in [1.29, 1.82) is 0 Å². The summed E-state index contributed by atoms with van der Waals surface area (Å²) >= 11 is 0. The van der Waals surface area contributed by atoms with Crippen molar-refractivity contribution in [3.05, 3.63) is 18.2 Å². The average molecular weight is 325 g/mol. The summed E-state index contributed by atoms with van der Waals surface area (Å²) in [5.41, 5.74) is 0. The Morgan fingerprint density at radius 1 is 1.09 bits per heavy atom. The Bertz CT molecular complexity index is 623. The third kappa shape index (κ3) is 3.22. The molecule has 0 aromatic heterocycles. The van der Waals surface area contributed by atoms with Crippen molar-refractivity contribution in [2.24, 2.45) is 5.92 Å². The van der Waals surface area contributed by atoms with Gasteiger partial charge in [-0.2, -0.15) is 0 Å². The van der Waals surface area contributed by atoms with Crippen LogP contribution in [-0.2, 0) is 10.0 Å². The van der Waals surface area contributed by atoms with E-state index < -0.39 is 10.0 Å². The Balaban J connectivity index is 1.76. The van der Waals surface area contributed by atoms with Crippen LogP contribution in [0, 0.1) is 5.92 Å². The number of fused-ring (bicyclic) bond motifs is 1. The Morgan fingerprint density at radius 2 is 1.77 bits per heavy atom. The second-order valence-corrected chi connectivity index (χ2v) is 8.14. The van der Waals surface area contributed by atoms with E-state index >= 15 is 0 Å². The van der Waals surface area contributed by atoms with Crippen molar-refractivity contribution in [3.63, 3.8) is 0 Å². The van der Waals surface area contributed by atoms with Crippen molar-refractivity contribution in [2.45, 2.75) is 37.0 Å². The summed E-state index contributed by atoms with van der Waals surface area (Å²) in [6.07, 6.45) is 5.95. The molecule has 3 rings (SSSR count). The summed E-state index contributed by atoms with van der Waals surface area (Å²) in [5.74, 6) is 1.60. The van der Waals surface area contributed by atoms with Gasteiger partial charge in [-0.15, -0.1) is 0 Å². The van der Waals surface area contributed by atoms with Gasteiger partial charge in [0.05, 0.1) is 4.90 Å². The molecule has 1 aliphatic heterocycles. The molecule has 122 valence electrons. The summed E-state index contributed by atoms with van der Waals surface area (Å²) in [6.45, 7) is 1.55. The molecule has 0 saturated heterocycles. The van der Waals surface area contributed by atoms with Crippen LogP contribution in [0.5, 0.6) is 11.5 Å². The molecule has 0 bridgehead atoms. The molecule has 1 saturated carbocycles. The number of sulfonamides is 1. The summed E-state index contributed by atoms with van der Waals surface area (Å²) < 4.78 is 37.8. The van der Waals surface area contributed by atoms with Crippen molar-refractivity contribution in [1.82, 2.24) is 4.31 Å². The summed E-state index contributed by atoms with van der Waals surface area (Å²) in [6, 6.07) is 4.84. The highest BCUT2D eigenvalue weighted by Crippen LogP contribution is 2.33. The fraction of sp³-hybridized carbons (Fsp3) is 0.625. The van der Waals surface area contributed by atoms with Crippen LogP contribution in [0.4, 0.5) is 0 Å². The van der Waals surface area contributed by atoms with Gasteiger partial charge in [0, 0.05) is 19.7 Å². The summed E-state index contributed by atoms with van der Waals surface area (Å²) in [4.78, 5) is 0.273. The smallest absolute Gasteiger partial charge is 0.242 e. The van der Waals surface area contributed by atoms with Crippen LogP contribution in [-0.4, -0.2) is 39.5 Å². The highest BCUT2D eigenvalue weighted by molar-refractivity contribution is 7.89. The third-order valence-electron chi connectivity index (χ3n) is 4.46. The van der Waals surface area contributed by atoms with E-state index in [4.69, 9.17) is 9.47 Å². The molecule has 1 aromatic rings. The molecule has 0 radical (unpaired) electrons. The lowest BCUT2D eigenvalue weighted by molar-refractivity contribution is 0.171. The molecule has 0 N–H and O–H groups in total. The maximum atomic E-state index is 12.7. The van der Waals surface area contributed by atoms with E-state index in [-0.39, 0.29) is 4.90 Å². The Hall–Kier alpha value is -1.27. The third-order valence-corrected chi connectivity index (χ3v) is 6.28. The zero-order valence-electron chi connectivity index (χ0n) is 13.0. The molecule has 0 amide bonds. The maximum absolute atomic E-state index is 12.7. The van der Waals surface area contributed by atoms with Gasteiger partial charge >= 0.3 is 0 Å². The largest absolute Gasteiger partial charge is 0.486 e. The average Bonchev–Trinajstić information content (AvgIpc) is 2.55. The standard InChI is InChI=1S/C16H23NO4S/c1-17(12-13-5-3-2-4-6-13)22(18,19)14-7-8-15-16(11-14)21-10-9-20-15/h7-8,11,13H,2-6,9-10,12H2,1H3. The maximum Gasteiger partial charge on any atom is 0.242 e. The summed E-state index contributed by atoms with van der Waals surface area (Å²) in [5, 5.41) is 0. The topological polar surface area (TPSA) is 55.8 Å². The fourth-order valence-electron chi connectivity index (χ4n) is 3.20. The molecule has 2 aliphatic rings. The number of ether oxygens (including phenoxy) is 2. The van der Waals surface area contributed by atoms with Crippen LogP contribution in [0.25, 0.3) is 0 Å². The van der Waals surface area contributed by atoms with Crippen LogP contribution < -0.4 is 9.47 Å². The van der Waals surface area contributed by atoms with Crippen molar-refractivity contribution in [3.8, 4) is 11.5 Å². The minimum Gasteiger partial charge on any atom is -0.486 e. The van der Waals surface area contributed by atoms with Gasteiger partial charge in [-0.25, -0.2) is 12.7 Å². The summed E-state index contributed by atoms with van der Waals surface area (Å²) in [7, 11) is -1.81. The normalized spacial score (nSPS) is 19.4. The van der Waals surface area contributed by atoms with Crippen molar-refractivity contribution >= 4 is 10.0 Å². The van der Waals surface area contributed by atoms with E-state index in [9.17, 15) is 8.42 Å². The molecule has 1 aromatic carbocycles. The zero-order chi connectivity index (χ0) is 15.6. The first kappa shape index (κ1) is 15.6. The molecule has 1 aliphatic carbocycles. The number of rotatable bonds is 4. The van der Waals surface area contributed by atoms with Gasteiger partial charge in [-0.05, 0) is 30.9 Å². The minimum absolute atomic E-state index is 0.273. The lowest BCUT2D eigenvalue weighted by Crippen LogP contribution is -2.32. The Labute approximate surface area is 132 Å². The molecular weight excluding hydrogens is 302 g/mol. The number of hydrogen-bond donors (Lipinski definition) is 0. The Kier molecular flexibility index (Phi) is 4.59. The van der Waals surface area contributed by atoms with Crippen LogP contribution >= 0.6 is 0 Å². The lowest BCUT2D eigenvalue weighted by Gasteiger charge is -2.27. The molecule has 5 nitrogen and oxygen atoms in total. The van der Waals surface area contributed by atoms with Crippen LogP contribution in [0.2, 0.25) is 0 Å². The van der Waals surface area contributed by atoms with E-state index in [1.165, 1.54) is 23.6 Å². The van der Waals surface area contributed by atoms with E-state index in [2.05, 4.69) is 0 Å². The Morgan fingerprint density at radius 3 is 2.50 bits per heavy atom.